The molecule has 0 saturated carbocycles. The van der Waals surface area contributed by atoms with E-state index in [0.29, 0.717) is 19.3 Å². The molecule has 0 unspecified atom stereocenters. The van der Waals surface area contributed by atoms with Crippen LogP contribution in [0.25, 0.3) is 0 Å². The maximum Gasteiger partial charge on any atom is 0.0448 e. The molecule has 0 aliphatic rings. The van der Waals surface area contributed by atoms with Crippen molar-refractivity contribution in [3.05, 3.63) is 6.92 Å². The van der Waals surface area contributed by atoms with Crippen LogP contribution in [-0.2, 0) is 0 Å². The Kier molecular flexibility index (Phi) is 4.60. The lowest BCUT2D eigenvalue weighted by atomic mass is 9.90. The third-order valence-electron chi connectivity index (χ3n) is 1.72. The fourth-order valence-corrected chi connectivity index (χ4v) is 0.820. The Hall–Kier alpha value is -0.120. The first-order valence-electron chi connectivity index (χ1n) is 3.48. The molecule has 3 heteroatoms. The van der Waals surface area contributed by atoms with E-state index in [4.69, 9.17) is 15.9 Å². The molecule has 0 aliphatic heterocycles. The maximum atomic E-state index is 8.57. The zero-order chi connectivity index (χ0) is 8.04. The van der Waals surface area contributed by atoms with Crippen molar-refractivity contribution < 1.29 is 10.2 Å². The first-order valence-corrected chi connectivity index (χ1v) is 3.48. The Balaban J connectivity index is 3.69. The molecule has 4 N–H and O–H groups in total. The van der Waals surface area contributed by atoms with Crippen LogP contribution in [0.2, 0.25) is 0 Å². The number of nitrogens with two attached hydrogens (primary N) is 1. The normalized spacial score (nSPS) is 12.0. The number of aliphatic hydroxyl groups excluding tert-OH is 2. The second-order valence-corrected chi connectivity index (χ2v) is 2.56. The Morgan fingerprint density at radius 1 is 1.20 bits per heavy atom. The molecule has 3 nitrogen and oxygen atoms in total. The Morgan fingerprint density at radius 3 is 1.80 bits per heavy atom. The van der Waals surface area contributed by atoms with Gasteiger partial charge in [0.1, 0.15) is 0 Å². The second-order valence-electron chi connectivity index (χ2n) is 2.56. The molecule has 0 aromatic carbocycles. The molecule has 0 spiro atoms. The number of aliphatic hydroxyl groups is 2. The van der Waals surface area contributed by atoms with Crippen molar-refractivity contribution in [1.82, 2.24) is 0 Å². The van der Waals surface area contributed by atoms with E-state index in [0.717, 1.165) is 0 Å². The van der Waals surface area contributed by atoms with Crippen LogP contribution in [0, 0.1) is 6.92 Å². The predicted octanol–water partition coefficient (Wildman–Crippen LogP) is -0.327. The van der Waals surface area contributed by atoms with Crippen molar-refractivity contribution in [2.45, 2.75) is 24.8 Å². The molecule has 0 heterocycles. The van der Waals surface area contributed by atoms with Gasteiger partial charge < -0.3 is 15.9 Å². The average Bonchev–Trinajstić information content (AvgIpc) is 1.89. The van der Waals surface area contributed by atoms with Crippen LogP contribution >= 0.6 is 0 Å². The van der Waals surface area contributed by atoms with Gasteiger partial charge in [0.25, 0.3) is 0 Å². The van der Waals surface area contributed by atoms with Gasteiger partial charge in [-0.1, -0.05) is 6.92 Å². The van der Waals surface area contributed by atoms with Crippen molar-refractivity contribution in [3.63, 3.8) is 0 Å². The minimum absolute atomic E-state index is 0.0615. The van der Waals surface area contributed by atoms with Crippen LogP contribution in [0.5, 0.6) is 0 Å². The van der Waals surface area contributed by atoms with Gasteiger partial charge in [-0.3, -0.25) is 0 Å². The summed E-state index contributed by atoms with van der Waals surface area (Å²) >= 11 is 0. The molecular formula is C7H16NO2. The minimum atomic E-state index is -0.469. The predicted molar refractivity (Wildman–Crippen MR) is 40.3 cm³/mol. The fourth-order valence-electron chi connectivity index (χ4n) is 0.820. The quantitative estimate of drug-likeness (QED) is 0.497. The molecule has 61 valence electrons. The van der Waals surface area contributed by atoms with Gasteiger partial charge in [-0.05, 0) is 19.3 Å². The SMILES string of the molecule is [CH2]CC(N)(CCO)CCO. The molecule has 0 saturated heterocycles. The zero-order valence-electron chi connectivity index (χ0n) is 6.21. The molecule has 0 bridgehead atoms. The van der Waals surface area contributed by atoms with Gasteiger partial charge in [0.2, 0.25) is 0 Å². The third kappa shape index (κ3) is 3.15. The van der Waals surface area contributed by atoms with Crippen molar-refractivity contribution in [2.75, 3.05) is 13.2 Å². The van der Waals surface area contributed by atoms with E-state index >= 15 is 0 Å². The summed E-state index contributed by atoms with van der Waals surface area (Å²) in [5.41, 5.74) is 5.27. The molecule has 1 radical (unpaired) electrons. The van der Waals surface area contributed by atoms with Crippen LogP contribution in [0.1, 0.15) is 19.3 Å². The highest BCUT2D eigenvalue weighted by molar-refractivity contribution is 4.84. The van der Waals surface area contributed by atoms with Gasteiger partial charge in [0.05, 0.1) is 0 Å². The lowest BCUT2D eigenvalue weighted by Gasteiger charge is -2.25. The summed E-state index contributed by atoms with van der Waals surface area (Å²) in [6, 6.07) is 0. The number of rotatable bonds is 5. The van der Waals surface area contributed by atoms with Gasteiger partial charge in [-0.2, -0.15) is 0 Å². The summed E-state index contributed by atoms with van der Waals surface area (Å²) in [6.07, 6.45) is 1.57. The molecular weight excluding hydrogens is 130 g/mol. The molecule has 0 amide bonds. The summed E-state index contributed by atoms with van der Waals surface area (Å²) in [5.74, 6) is 0. The highest BCUT2D eigenvalue weighted by atomic mass is 16.3. The minimum Gasteiger partial charge on any atom is -0.396 e. The molecule has 0 aromatic rings. The summed E-state index contributed by atoms with van der Waals surface area (Å²) < 4.78 is 0. The van der Waals surface area contributed by atoms with E-state index in [1.54, 1.807) is 0 Å². The summed E-state index contributed by atoms with van der Waals surface area (Å²) in [4.78, 5) is 0. The van der Waals surface area contributed by atoms with Crippen LogP contribution in [-0.4, -0.2) is 29.0 Å². The van der Waals surface area contributed by atoms with E-state index in [1.807, 2.05) is 0 Å². The summed E-state index contributed by atoms with van der Waals surface area (Å²) in [6.45, 7) is 3.77. The van der Waals surface area contributed by atoms with E-state index in [-0.39, 0.29) is 13.2 Å². The van der Waals surface area contributed by atoms with Crippen molar-refractivity contribution in [3.8, 4) is 0 Å². The van der Waals surface area contributed by atoms with E-state index in [1.165, 1.54) is 0 Å². The van der Waals surface area contributed by atoms with Crippen molar-refractivity contribution in [1.29, 1.82) is 0 Å². The Bertz CT molecular complexity index is 79.7. The zero-order valence-corrected chi connectivity index (χ0v) is 6.21. The standard InChI is InChI=1S/C7H16NO2/c1-2-7(8,3-5-9)4-6-10/h9-10H,1-6,8H2. The first-order chi connectivity index (χ1) is 4.68. The Morgan fingerprint density at radius 2 is 1.60 bits per heavy atom. The van der Waals surface area contributed by atoms with Crippen molar-refractivity contribution in [2.24, 2.45) is 5.73 Å². The fraction of sp³-hybridized carbons (Fsp3) is 0.857. The Labute approximate surface area is 61.9 Å². The molecule has 0 atom stereocenters. The smallest absolute Gasteiger partial charge is 0.0448 e. The van der Waals surface area contributed by atoms with Gasteiger partial charge >= 0.3 is 0 Å². The molecule has 10 heavy (non-hydrogen) atoms. The highest BCUT2D eigenvalue weighted by Gasteiger charge is 2.20. The van der Waals surface area contributed by atoms with Gasteiger partial charge in [0.15, 0.2) is 0 Å². The second kappa shape index (κ2) is 4.66. The van der Waals surface area contributed by atoms with Crippen LogP contribution in [0.3, 0.4) is 0 Å². The van der Waals surface area contributed by atoms with E-state index < -0.39 is 5.54 Å². The summed E-state index contributed by atoms with van der Waals surface area (Å²) in [5, 5.41) is 17.1. The topological polar surface area (TPSA) is 66.5 Å². The van der Waals surface area contributed by atoms with Gasteiger partial charge in [0, 0.05) is 18.8 Å². The summed E-state index contributed by atoms with van der Waals surface area (Å²) in [7, 11) is 0. The average molecular weight is 146 g/mol. The monoisotopic (exact) mass is 146 g/mol. The lowest BCUT2D eigenvalue weighted by Crippen LogP contribution is -2.40. The molecule has 0 aliphatic carbocycles. The largest absolute Gasteiger partial charge is 0.396 e. The van der Waals surface area contributed by atoms with Crippen LogP contribution < -0.4 is 5.73 Å². The molecule has 0 rings (SSSR count). The highest BCUT2D eigenvalue weighted by Crippen LogP contribution is 2.14. The first kappa shape index (κ1) is 9.88. The number of hydrogen-bond donors (Lipinski definition) is 3. The van der Waals surface area contributed by atoms with Gasteiger partial charge in [-0.15, -0.1) is 0 Å². The third-order valence-corrected chi connectivity index (χ3v) is 1.72. The van der Waals surface area contributed by atoms with E-state index in [9.17, 15) is 0 Å². The number of hydrogen-bond acceptors (Lipinski definition) is 3. The van der Waals surface area contributed by atoms with Crippen molar-refractivity contribution >= 4 is 0 Å². The van der Waals surface area contributed by atoms with Crippen LogP contribution in [0.4, 0.5) is 0 Å². The lowest BCUT2D eigenvalue weighted by molar-refractivity contribution is 0.193. The maximum absolute atomic E-state index is 8.57. The molecule has 0 fully saturated rings. The van der Waals surface area contributed by atoms with Gasteiger partial charge in [-0.25, -0.2) is 0 Å². The van der Waals surface area contributed by atoms with E-state index in [2.05, 4.69) is 6.92 Å². The van der Waals surface area contributed by atoms with Crippen LogP contribution in [0.15, 0.2) is 0 Å². The molecule has 0 aromatic heterocycles.